The minimum atomic E-state index is -0.474. The van der Waals surface area contributed by atoms with E-state index >= 15 is 0 Å². The van der Waals surface area contributed by atoms with E-state index in [0.29, 0.717) is 11.4 Å². The van der Waals surface area contributed by atoms with Gasteiger partial charge in [-0.25, -0.2) is 0 Å². The maximum Gasteiger partial charge on any atom is 0.264 e. The number of hydrogen-bond donors (Lipinski definition) is 4. The minimum absolute atomic E-state index is 0.00444. The first-order valence-corrected chi connectivity index (χ1v) is 9.68. The maximum absolute atomic E-state index is 12.0. The van der Waals surface area contributed by atoms with E-state index in [1.54, 1.807) is 24.3 Å². The van der Waals surface area contributed by atoms with Crippen LogP contribution in [0.3, 0.4) is 0 Å². The number of aryl methyl sites for hydroxylation is 2. The molecule has 0 unspecified atom stereocenters. The lowest BCUT2D eigenvalue weighted by atomic mass is 10.1. The van der Waals surface area contributed by atoms with E-state index in [1.165, 1.54) is 0 Å². The molecule has 0 spiro atoms. The Bertz CT molecular complexity index is 918. The van der Waals surface area contributed by atoms with Crippen LogP contribution in [0.1, 0.15) is 24.0 Å². The van der Waals surface area contributed by atoms with E-state index in [1.807, 2.05) is 38.1 Å². The van der Waals surface area contributed by atoms with Crippen molar-refractivity contribution in [3.05, 3.63) is 59.7 Å². The quantitative estimate of drug-likeness (QED) is 0.397. The van der Waals surface area contributed by atoms with Crippen LogP contribution in [0.25, 0.3) is 0 Å². The Hall–Kier alpha value is -3.46. The average molecular weight is 429 g/mol. The number of ether oxygens (including phenoxy) is 1. The fraction of sp³-hybridized carbons (Fsp3) is 0.238. The van der Waals surface area contributed by atoms with Gasteiger partial charge in [0.1, 0.15) is 5.75 Å². The van der Waals surface area contributed by atoms with Gasteiger partial charge in [-0.15, -0.1) is 0 Å². The monoisotopic (exact) mass is 428 g/mol. The van der Waals surface area contributed by atoms with Crippen molar-refractivity contribution in [1.82, 2.24) is 16.2 Å². The molecule has 0 aliphatic rings. The molecule has 0 aromatic heterocycles. The number of para-hydroxylation sites is 1. The second-order valence-electron chi connectivity index (χ2n) is 6.50. The van der Waals surface area contributed by atoms with Gasteiger partial charge >= 0.3 is 0 Å². The lowest BCUT2D eigenvalue weighted by Gasteiger charge is -2.11. The second kappa shape index (κ2) is 11.5. The average Bonchev–Trinajstić information content (AvgIpc) is 2.72. The number of carbonyl (C=O) groups excluding carboxylic acids is 3. The van der Waals surface area contributed by atoms with Crippen molar-refractivity contribution in [1.29, 1.82) is 0 Å². The summed E-state index contributed by atoms with van der Waals surface area (Å²) in [6.45, 7) is 3.72. The summed E-state index contributed by atoms with van der Waals surface area (Å²) >= 11 is 4.93. The van der Waals surface area contributed by atoms with Gasteiger partial charge in [0.2, 0.25) is 11.8 Å². The van der Waals surface area contributed by atoms with Crippen LogP contribution in [0.4, 0.5) is 5.69 Å². The normalized spacial score (nSPS) is 9.93. The molecule has 0 aliphatic heterocycles. The highest BCUT2D eigenvalue weighted by Crippen LogP contribution is 2.14. The van der Waals surface area contributed by atoms with Crippen molar-refractivity contribution in [2.45, 2.75) is 26.7 Å². The predicted octanol–water partition coefficient (Wildman–Crippen LogP) is 2.12. The van der Waals surface area contributed by atoms with Crippen molar-refractivity contribution in [2.24, 2.45) is 0 Å². The zero-order valence-corrected chi connectivity index (χ0v) is 17.6. The van der Waals surface area contributed by atoms with Crippen LogP contribution in [0.5, 0.6) is 5.75 Å². The summed E-state index contributed by atoms with van der Waals surface area (Å²) in [6, 6.07) is 14.5. The van der Waals surface area contributed by atoms with Gasteiger partial charge in [-0.3, -0.25) is 30.6 Å². The van der Waals surface area contributed by atoms with Gasteiger partial charge in [0.25, 0.3) is 5.91 Å². The molecule has 0 atom stereocenters. The first-order chi connectivity index (χ1) is 14.3. The van der Waals surface area contributed by atoms with Gasteiger partial charge in [0, 0.05) is 18.5 Å². The van der Waals surface area contributed by atoms with Crippen LogP contribution in [0.2, 0.25) is 0 Å². The molecule has 8 nitrogen and oxygen atoms in total. The van der Waals surface area contributed by atoms with E-state index in [9.17, 15) is 14.4 Å². The Kier molecular flexibility index (Phi) is 8.76. The highest BCUT2D eigenvalue weighted by atomic mass is 32.1. The number of hydrogen-bond acceptors (Lipinski definition) is 5. The van der Waals surface area contributed by atoms with Crippen LogP contribution in [0.15, 0.2) is 48.5 Å². The molecule has 3 amide bonds. The molecule has 0 fully saturated rings. The van der Waals surface area contributed by atoms with Crippen molar-refractivity contribution >= 4 is 40.7 Å². The Labute approximate surface area is 180 Å². The third-order valence-electron chi connectivity index (χ3n) is 4.05. The third-order valence-corrected chi connectivity index (χ3v) is 4.26. The SMILES string of the molecule is Cc1ccc(NC(=O)CCC(=O)NNC(=S)NC(=O)COc2ccccc2)cc1C. The summed E-state index contributed by atoms with van der Waals surface area (Å²) < 4.78 is 5.29. The lowest BCUT2D eigenvalue weighted by Crippen LogP contribution is -2.49. The highest BCUT2D eigenvalue weighted by molar-refractivity contribution is 7.80. The van der Waals surface area contributed by atoms with Crippen molar-refractivity contribution in [2.75, 3.05) is 11.9 Å². The first kappa shape index (κ1) is 22.8. The summed E-state index contributed by atoms with van der Waals surface area (Å²) in [6.07, 6.45) is -0.0399. The van der Waals surface area contributed by atoms with E-state index in [0.717, 1.165) is 11.1 Å². The zero-order valence-electron chi connectivity index (χ0n) is 16.8. The molecular weight excluding hydrogens is 404 g/mol. The number of anilines is 1. The largest absolute Gasteiger partial charge is 0.484 e. The van der Waals surface area contributed by atoms with E-state index in [2.05, 4.69) is 21.5 Å². The number of carbonyl (C=O) groups is 3. The summed E-state index contributed by atoms with van der Waals surface area (Å²) in [5, 5.41) is 5.04. The molecule has 158 valence electrons. The maximum atomic E-state index is 12.0. The number of rotatable bonds is 7. The molecule has 9 heteroatoms. The Morgan fingerprint density at radius 2 is 1.57 bits per heavy atom. The second-order valence-corrected chi connectivity index (χ2v) is 6.91. The van der Waals surface area contributed by atoms with Crippen LogP contribution >= 0.6 is 12.2 Å². The highest BCUT2D eigenvalue weighted by Gasteiger charge is 2.10. The number of thiocarbonyl (C=S) groups is 1. The van der Waals surface area contributed by atoms with Crippen molar-refractivity contribution < 1.29 is 19.1 Å². The summed E-state index contributed by atoms with van der Waals surface area (Å²) in [5.41, 5.74) is 7.63. The standard InChI is InChI=1S/C21H24N4O4S/c1-14-8-9-16(12-15(14)2)22-18(26)10-11-19(27)24-25-21(30)23-20(28)13-29-17-6-4-3-5-7-17/h3-9,12H,10-11,13H2,1-2H3,(H,22,26)(H,24,27)(H2,23,25,28,30). The Balaban J connectivity index is 1.62. The van der Waals surface area contributed by atoms with Crippen LogP contribution in [-0.2, 0) is 14.4 Å². The Morgan fingerprint density at radius 1 is 0.867 bits per heavy atom. The van der Waals surface area contributed by atoms with E-state index < -0.39 is 11.8 Å². The molecule has 30 heavy (non-hydrogen) atoms. The van der Waals surface area contributed by atoms with E-state index in [-0.39, 0.29) is 30.5 Å². The van der Waals surface area contributed by atoms with Crippen LogP contribution in [0, 0.1) is 13.8 Å². The van der Waals surface area contributed by atoms with Gasteiger partial charge in [-0.05, 0) is 61.5 Å². The summed E-state index contributed by atoms with van der Waals surface area (Å²) in [5.74, 6) is -0.637. The van der Waals surface area contributed by atoms with Crippen LogP contribution in [-0.4, -0.2) is 29.4 Å². The molecule has 2 aromatic carbocycles. The third kappa shape index (κ3) is 8.27. The first-order valence-electron chi connectivity index (χ1n) is 9.27. The molecule has 0 aliphatic carbocycles. The number of benzene rings is 2. The molecular formula is C21H24N4O4S. The molecule has 4 N–H and O–H groups in total. The van der Waals surface area contributed by atoms with Crippen molar-refractivity contribution in [3.8, 4) is 5.75 Å². The number of nitrogens with one attached hydrogen (secondary N) is 4. The molecule has 0 saturated heterocycles. The fourth-order valence-corrected chi connectivity index (χ4v) is 2.48. The Morgan fingerprint density at radius 3 is 2.27 bits per heavy atom. The molecule has 0 bridgehead atoms. The predicted molar refractivity (Wildman–Crippen MR) is 118 cm³/mol. The smallest absolute Gasteiger partial charge is 0.264 e. The summed E-state index contributed by atoms with van der Waals surface area (Å²) in [7, 11) is 0. The van der Waals surface area contributed by atoms with E-state index in [4.69, 9.17) is 17.0 Å². The number of amides is 3. The number of hydrazine groups is 1. The zero-order chi connectivity index (χ0) is 21.9. The molecule has 0 saturated carbocycles. The molecule has 2 aromatic rings. The molecule has 0 radical (unpaired) electrons. The van der Waals surface area contributed by atoms with Gasteiger partial charge in [0.05, 0.1) is 0 Å². The minimum Gasteiger partial charge on any atom is -0.484 e. The van der Waals surface area contributed by atoms with Gasteiger partial charge < -0.3 is 10.1 Å². The van der Waals surface area contributed by atoms with Gasteiger partial charge in [-0.2, -0.15) is 0 Å². The van der Waals surface area contributed by atoms with Gasteiger partial charge in [0.15, 0.2) is 11.7 Å². The fourth-order valence-electron chi connectivity index (χ4n) is 2.32. The lowest BCUT2D eigenvalue weighted by molar-refractivity contribution is -0.125. The topological polar surface area (TPSA) is 109 Å². The molecule has 2 rings (SSSR count). The van der Waals surface area contributed by atoms with Crippen LogP contribution < -0.4 is 26.2 Å². The summed E-state index contributed by atoms with van der Waals surface area (Å²) in [4.78, 5) is 35.6. The van der Waals surface area contributed by atoms with Crippen molar-refractivity contribution in [3.63, 3.8) is 0 Å². The van der Waals surface area contributed by atoms with Gasteiger partial charge in [-0.1, -0.05) is 24.3 Å². The molecule has 0 heterocycles.